The minimum atomic E-state index is -0.851. The van der Waals surface area contributed by atoms with E-state index >= 15 is 0 Å². The van der Waals surface area contributed by atoms with Crippen molar-refractivity contribution in [1.82, 2.24) is 0 Å². The van der Waals surface area contributed by atoms with Gasteiger partial charge < -0.3 is 10.1 Å². The van der Waals surface area contributed by atoms with Crippen LogP contribution in [0.15, 0.2) is 18.2 Å². The molecular weight excluding hydrogens is 438 g/mol. The van der Waals surface area contributed by atoms with E-state index in [0.29, 0.717) is 12.3 Å². The van der Waals surface area contributed by atoms with Gasteiger partial charge in [0.2, 0.25) is 0 Å². The lowest BCUT2D eigenvalue weighted by molar-refractivity contribution is -0.394. The molecule has 1 aromatic heterocycles. The van der Waals surface area contributed by atoms with Gasteiger partial charge in [-0.05, 0) is 42.2 Å². The Bertz CT molecular complexity index is 1120. The fraction of sp³-hybridized carbons (Fsp3) is 0.429. The van der Waals surface area contributed by atoms with Crippen molar-refractivity contribution < 1.29 is 24.2 Å². The van der Waals surface area contributed by atoms with Gasteiger partial charge in [-0.3, -0.25) is 25.0 Å². The predicted molar refractivity (Wildman–Crippen MR) is 118 cm³/mol. The molecule has 1 N–H and O–H groups in total. The molecule has 1 aliphatic carbocycles. The molecule has 0 bridgehead atoms. The summed E-state index contributed by atoms with van der Waals surface area (Å²) in [6.45, 7) is 6.48. The number of carbonyl (C=O) groups excluding carboxylic acids is 2. The molecule has 1 heterocycles. The van der Waals surface area contributed by atoms with Gasteiger partial charge in [0, 0.05) is 10.9 Å². The fourth-order valence-electron chi connectivity index (χ4n) is 3.88. The number of nitrogens with one attached hydrogen (secondary N) is 1. The first-order chi connectivity index (χ1) is 14.9. The zero-order valence-corrected chi connectivity index (χ0v) is 18.9. The van der Waals surface area contributed by atoms with Crippen molar-refractivity contribution >= 4 is 39.6 Å². The molecule has 1 atom stereocenters. The van der Waals surface area contributed by atoms with E-state index in [9.17, 15) is 29.8 Å². The number of nitro groups is 2. The highest BCUT2D eigenvalue weighted by Crippen LogP contribution is 2.44. The SMILES string of the molecule is COC(=O)c1c(NC(=O)c2ccc([N+](=O)[O-])cc2[N+](=O)[O-])sc2c1CCC(C(C)(C)C)C2. The summed E-state index contributed by atoms with van der Waals surface area (Å²) in [5.41, 5.74) is -0.353. The van der Waals surface area contributed by atoms with Crippen LogP contribution in [0.4, 0.5) is 16.4 Å². The molecule has 1 unspecified atom stereocenters. The number of hydrogen-bond donors (Lipinski definition) is 1. The second kappa shape index (κ2) is 8.65. The molecule has 1 aliphatic rings. The zero-order valence-electron chi connectivity index (χ0n) is 18.1. The smallest absolute Gasteiger partial charge is 0.341 e. The Kier molecular flexibility index (Phi) is 6.31. The number of carbonyl (C=O) groups is 2. The third-order valence-corrected chi connectivity index (χ3v) is 6.91. The molecule has 0 saturated carbocycles. The van der Waals surface area contributed by atoms with Gasteiger partial charge in [0.1, 0.15) is 10.6 Å². The molecule has 0 radical (unpaired) electrons. The summed E-state index contributed by atoms with van der Waals surface area (Å²) in [6.07, 6.45) is 2.30. The van der Waals surface area contributed by atoms with E-state index in [1.165, 1.54) is 18.4 Å². The average Bonchev–Trinajstić information content (AvgIpc) is 3.08. The van der Waals surface area contributed by atoms with E-state index in [4.69, 9.17) is 4.74 Å². The molecule has 10 nitrogen and oxygen atoms in total. The number of thiophene rings is 1. The minimum absolute atomic E-state index is 0.0793. The van der Waals surface area contributed by atoms with E-state index in [-0.39, 0.29) is 21.5 Å². The summed E-state index contributed by atoms with van der Waals surface area (Å²) in [5, 5.41) is 25.2. The molecule has 1 amide bonds. The predicted octanol–water partition coefficient (Wildman–Crippen LogP) is 4.75. The molecule has 0 aliphatic heterocycles. The average molecular weight is 461 g/mol. The van der Waals surface area contributed by atoms with Crippen molar-refractivity contribution in [3.05, 3.63) is 60.0 Å². The van der Waals surface area contributed by atoms with Crippen molar-refractivity contribution in [3.63, 3.8) is 0 Å². The van der Waals surface area contributed by atoms with Gasteiger partial charge in [0.25, 0.3) is 17.3 Å². The number of fused-ring (bicyclic) bond motifs is 1. The number of amides is 1. The highest BCUT2D eigenvalue weighted by molar-refractivity contribution is 7.17. The van der Waals surface area contributed by atoms with Crippen LogP contribution in [0.25, 0.3) is 0 Å². The number of ether oxygens (including phenoxy) is 1. The molecule has 0 saturated heterocycles. The summed E-state index contributed by atoms with van der Waals surface area (Å²) >= 11 is 1.26. The van der Waals surface area contributed by atoms with E-state index in [1.807, 2.05) is 0 Å². The second-order valence-electron chi connectivity index (χ2n) is 8.68. The van der Waals surface area contributed by atoms with Crippen molar-refractivity contribution in [3.8, 4) is 0 Å². The molecule has 170 valence electrons. The number of rotatable bonds is 5. The van der Waals surface area contributed by atoms with Crippen LogP contribution in [-0.2, 0) is 17.6 Å². The number of benzene rings is 1. The normalized spacial score (nSPS) is 15.6. The number of hydrogen-bond acceptors (Lipinski definition) is 8. The van der Waals surface area contributed by atoms with E-state index in [1.54, 1.807) is 0 Å². The van der Waals surface area contributed by atoms with Crippen LogP contribution in [0.2, 0.25) is 0 Å². The summed E-state index contributed by atoms with van der Waals surface area (Å²) in [7, 11) is 1.25. The monoisotopic (exact) mass is 461 g/mol. The van der Waals surface area contributed by atoms with Crippen LogP contribution in [0.5, 0.6) is 0 Å². The molecule has 0 spiro atoms. The number of methoxy groups -OCH3 is 1. The summed E-state index contributed by atoms with van der Waals surface area (Å²) < 4.78 is 4.92. The van der Waals surface area contributed by atoms with Crippen molar-refractivity contribution in [1.29, 1.82) is 0 Å². The summed E-state index contributed by atoms with van der Waals surface area (Å²) in [4.78, 5) is 47.1. The molecule has 11 heteroatoms. The third kappa shape index (κ3) is 4.47. The Balaban J connectivity index is 2.00. The quantitative estimate of drug-likeness (QED) is 0.384. The second-order valence-corrected chi connectivity index (χ2v) is 9.78. The van der Waals surface area contributed by atoms with E-state index < -0.39 is 33.1 Å². The molecule has 0 fully saturated rings. The minimum Gasteiger partial charge on any atom is -0.465 e. The first-order valence-corrected chi connectivity index (χ1v) is 10.7. The van der Waals surface area contributed by atoms with Crippen LogP contribution >= 0.6 is 11.3 Å². The Labute approximate surface area is 187 Å². The molecule has 32 heavy (non-hydrogen) atoms. The standard InChI is InChI=1S/C21H23N3O7S/c1-21(2,3)11-5-7-14-16(9-11)32-19(17(14)20(26)31-4)22-18(25)13-8-6-12(23(27)28)10-15(13)24(29)30/h6,8,10-11H,5,7,9H2,1-4H3,(H,22,25). The maximum atomic E-state index is 12.9. The summed E-state index contributed by atoms with van der Waals surface area (Å²) in [5.74, 6) is -1.02. The first-order valence-electron chi connectivity index (χ1n) is 9.91. The lowest BCUT2D eigenvalue weighted by Crippen LogP contribution is -2.26. The topological polar surface area (TPSA) is 142 Å². The summed E-state index contributed by atoms with van der Waals surface area (Å²) in [6, 6.07) is 2.80. The van der Waals surface area contributed by atoms with Crippen molar-refractivity contribution in [2.75, 3.05) is 12.4 Å². The lowest BCUT2D eigenvalue weighted by Gasteiger charge is -2.33. The maximum Gasteiger partial charge on any atom is 0.341 e. The maximum absolute atomic E-state index is 12.9. The van der Waals surface area contributed by atoms with Gasteiger partial charge in [-0.15, -0.1) is 11.3 Å². The van der Waals surface area contributed by atoms with Crippen molar-refractivity contribution in [2.45, 2.75) is 40.0 Å². The Morgan fingerprint density at radius 1 is 1.19 bits per heavy atom. The number of non-ortho nitro benzene ring substituents is 1. The van der Waals surface area contributed by atoms with E-state index in [2.05, 4.69) is 26.1 Å². The van der Waals surface area contributed by atoms with Gasteiger partial charge in [0.15, 0.2) is 0 Å². The largest absolute Gasteiger partial charge is 0.465 e. The molecule has 3 rings (SSSR count). The van der Waals surface area contributed by atoms with Crippen LogP contribution in [-0.4, -0.2) is 28.8 Å². The van der Waals surface area contributed by atoms with Crippen LogP contribution in [0.3, 0.4) is 0 Å². The van der Waals surface area contributed by atoms with Crippen LogP contribution < -0.4 is 5.32 Å². The number of esters is 1. The lowest BCUT2D eigenvalue weighted by atomic mass is 9.72. The van der Waals surface area contributed by atoms with Crippen molar-refractivity contribution in [2.24, 2.45) is 11.3 Å². The van der Waals surface area contributed by atoms with Gasteiger partial charge in [-0.1, -0.05) is 20.8 Å². The molecule has 1 aromatic carbocycles. The Morgan fingerprint density at radius 2 is 1.88 bits per heavy atom. The van der Waals surface area contributed by atoms with Gasteiger partial charge in [0.05, 0.1) is 28.6 Å². The van der Waals surface area contributed by atoms with Gasteiger partial charge in [-0.25, -0.2) is 4.79 Å². The third-order valence-electron chi connectivity index (χ3n) is 5.74. The Hall–Kier alpha value is -3.34. The zero-order chi connectivity index (χ0) is 23.8. The number of anilines is 1. The number of nitrogens with zero attached hydrogens (tertiary/aromatic N) is 2. The van der Waals surface area contributed by atoms with Crippen LogP contribution in [0.1, 0.15) is 58.3 Å². The highest BCUT2D eigenvalue weighted by atomic mass is 32.1. The van der Waals surface area contributed by atoms with Crippen LogP contribution in [0, 0.1) is 31.6 Å². The van der Waals surface area contributed by atoms with Gasteiger partial charge in [-0.2, -0.15) is 0 Å². The van der Waals surface area contributed by atoms with E-state index in [0.717, 1.165) is 41.5 Å². The molecular formula is C21H23N3O7S. The van der Waals surface area contributed by atoms with Gasteiger partial charge >= 0.3 is 5.97 Å². The number of nitro benzene ring substituents is 2. The highest BCUT2D eigenvalue weighted by Gasteiger charge is 2.35. The molecule has 2 aromatic rings. The Morgan fingerprint density at radius 3 is 2.44 bits per heavy atom. The first kappa shape index (κ1) is 23.3. The fourth-order valence-corrected chi connectivity index (χ4v) is 5.19.